The van der Waals surface area contributed by atoms with Gasteiger partial charge in [-0.3, -0.25) is 0 Å². The molecule has 0 spiro atoms. The Bertz CT molecular complexity index is 386. The van der Waals surface area contributed by atoms with Gasteiger partial charge in [-0.1, -0.05) is 13.8 Å². The molecule has 7 heteroatoms. The highest BCUT2D eigenvalue weighted by atomic mass is 16.5. The number of hydrazine groups is 1. The minimum atomic E-state index is -0.0331. The van der Waals surface area contributed by atoms with Crippen LogP contribution in [0.5, 0.6) is 0 Å². The molecule has 0 aliphatic rings. The summed E-state index contributed by atoms with van der Waals surface area (Å²) in [4.78, 5) is 8.38. The van der Waals surface area contributed by atoms with Gasteiger partial charge in [-0.05, 0) is 5.92 Å². The molecule has 7 nitrogen and oxygen atoms in total. The summed E-state index contributed by atoms with van der Waals surface area (Å²) >= 11 is 0. The fourth-order valence-electron chi connectivity index (χ4n) is 1.81. The van der Waals surface area contributed by atoms with Gasteiger partial charge in [-0.2, -0.15) is 0 Å². The molecule has 0 saturated carbocycles. The Morgan fingerprint density at radius 1 is 1.26 bits per heavy atom. The molecule has 1 unspecified atom stereocenters. The highest BCUT2D eigenvalue weighted by molar-refractivity contribution is 5.58. The monoisotopic (exact) mass is 269 g/mol. The summed E-state index contributed by atoms with van der Waals surface area (Å²) in [6.07, 6.45) is 1.44. The highest BCUT2D eigenvalue weighted by Gasteiger charge is 2.15. The lowest BCUT2D eigenvalue weighted by Crippen LogP contribution is -2.27. The Hall–Kier alpha value is -1.44. The van der Waals surface area contributed by atoms with E-state index in [1.54, 1.807) is 14.2 Å². The number of nitrogens with zero attached hydrogens (tertiary/aromatic N) is 2. The molecule has 0 saturated heterocycles. The van der Waals surface area contributed by atoms with Gasteiger partial charge in [0.15, 0.2) is 0 Å². The van der Waals surface area contributed by atoms with E-state index in [0.29, 0.717) is 19.0 Å². The average molecular weight is 269 g/mol. The summed E-state index contributed by atoms with van der Waals surface area (Å²) in [5.41, 5.74) is 3.55. The fraction of sp³-hybridized carbons (Fsp3) is 0.667. The van der Waals surface area contributed by atoms with Crippen LogP contribution in [0.25, 0.3) is 0 Å². The zero-order valence-corrected chi connectivity index (χ0v) is 11.9. The molecule has 0 aliphatic carbocycles. The maximum atomic E-state index is 5.47. The number of methoxy groups -OCH3 is 2. The summed E-state index contributed by atoms with van der Waals surface area (Å²) in [7, 11) is 3.30. The van der Waals surface area contributed by atoms with Gasteiger partial charge in [0.1, 0.15) is 18.0 Å². The summed E-state index contributed by atoms with van der Waals surface area (Å²) in [6.45, 7) is 5.25. The van der Waals surface area contributed by atoms with Crippen molar-refractivity contribution in [3.63, 3.8) is 0 Å². The number of rotatable bonds is 8. The molecule has 108 valence electrons. The zero-order chi connectivity index (χ0) is 14.3. The molecule has 0 aliphatic heterocycles. The van der Waals surface area contributed by atoms with Crippen LogP contribution in [0.3, 0.4) is 0 Å². The second-order valence-electron chi connectivity index (χ2n) is 4.48. The fourth-order valence-corrected chi connectivity index (χ4v) is 1.81. The van der Waals surface area contributed by atoms with Crippen molar-refractivity contribution in [3.05, 3.63) is 11.9 Å². The second kappa shape index (κ2) is 7.88. The molecule has 19 heavy (non-hydrogen) atoms. The number of nitrogens with one attached hydrogen (secondary N) is 2. The van der Waals surface area contributed by atoms with E-state index in [1.165, 1.54) is 6.33 Å². The third kappa shape index (κ3) is 4.30. The third-order valence-corrected chi connectivity index (χ3v) is 2.78. The predicted molar refractivity (Wildman–Crippen MR) is 75.1 cm³/mol. The van der Waals surface area contributed by atoms with Crippen LogP contribution < -0.4 is 16.6 Å². The minimum Gasteiger partial charge on any atom is -0.382 e. The first-order valence-electron chi connectivity index (χ1n) is 6.21. The predicted octanol–water partition coefficient (Wildman–Crippen LogP) is 0.959. The first-order chi connectivity index (χ1) is 9.13. The van der Waals surface area contributed by atoms with Gasteiger partial charge in [-0.15, -0.1) is 0 Å². The van der Waals surface area contributed by atoms with Crippen molar-refractivity contribution >= 4 is 11.6 Å². The highest BCUT2D eigenvalue weighted by Crippen LogP contribution is 2.27. The van der Waals surface area contributed by atoms with Crippen molar-refractivity contribution in [3.8, 4) is 0 Å². The molecule has 1 rings (SSSR count). The Labute approximate surface area is 113 Å². The lowest BCUT2D eigenvalue weighted by molar-refractivity contribution is 0.0365. The van der Waals surface area contributed by atoms with Gasteiger partial charge in [0, 0.05) is 26.3 Å². The van der Waals surface area contributed by atoms with Crippen LogP contribution in [0, 0.1) is 0 Å². The molecular weight excluding hydrogens is 246 g/mol. The smallest absolute Gasteiger partial charge is 0.148 e. The van der Waals surface area contributed by atoms with E-state index in [9.17, 15) is 0 Å². The minimum absolute atomic E-state index is 0.0331. The van der Waals surface area contributed by atoms with Crippen LogP contribution in [-0.2, 0) is 9.47 Å². The molecule has 0 fully saturated rings. The van der Waals surface area contributed by atoms with Crippen LogP contribution in [0.1, 0.15) is 25.3 Å². The van der Waals surface area contributed by atoms with Crippen LogP contribution in [0.2, 0.25) is 0 Å². The Morgan fingerprint density at radius 2 is 1.95 bits per heavy atom. The topological polar surface area (TPSA) is 94.3 Å². The lowest BCUT2D eigenvalue weighted by Gasteiger charge is -2.19. The molecular formula is C12H23N5O2. The van der Waals surface area contributed by atoms with E-state index in [1.807, 2.05) is 0 Å². The number of hydrogen-bond acceptors (Lipinski definition) is 7. The second-order valence-corrected chi connectivity index (χ2v) is 4.48. The molecule has 1 heterocycles. The van der Waals surface area contributed by atoms with Crippen LogP contribution in [0.15, 0.2) is 6.33 Å². The normalized spacial score (nSPS) is 12.5. The quantitative estimate of drug-likeness (QED) is 0.478. The van der Waals surface area contributed by atoms with Gasteiger partial charge in [0.2, 0.25) is 0 Å². The first kappa shape index (κ1) is 15.6. The van der Waals surface area contributed by atoms with Crippen molar-refractivity contribution in [2.45, 2.75) is 25.9 Å². The molecule has 0 radical (unpaired) electrons. The summed E-state index contributed by atoms with van der Waals surface area (Å²) in [5, 5.41) is 3.25. The zero-order valence-electron chi connectivity index (χ0n) is 11.9. The Kier molecular flexibility index (Phi) is 6.48. The molecule has 1 aromatic heterocycles. The number of ether oxygens (including phenoxy) is 2. The van der Waals surface area contributed by atoms with Crippen molar-refractivity contribution in [1.82, 2.24) is 9.97 Å². The van der Waals surface area contributed by atoms with Gasteiger partial charge in [-0.25, -0.2) is 15.8 Å². The van der Waals surface area contributed by atoms with E-state index in [-0.39, 0.29) is 12.0 Å². The molecule has 0 bridgehead atoms. The third-order valence-electron chi connectivity index (χ3n) is 2.78. The molecule has 0 amide bonds. The maximum absolute atomic E-state index is 5.47. The van der Waals surface area contributed by atoms with Crippen molar-refractivity contribution in [2.24, 2.45) is 5.84 Å². The number of anilines is 2. The average Bonchev–Trinajstić information content (AvgIpc) is 2.42. The molecule has 1 aromatic rings. The number of nitrogen functional groups attached to an aromatic ring is 1. The van der Waals surface area contributed by atoms with Crippen molar-refractivity contribution in [1.29, 1.82) is 0 Å². The Morgan fingerprint density at radius 3 is 2.47 bits per heavy atom. The molecule has 4 N–H and O–H groups in total. The van der Waals surface area contributed by atoms with Gasteiger partial charge in [0.25, 0.3) is 0 Å². The largest absolute Gasteiger partial charge is 0.382 e. The van der Waals surface area contributed by atoms with Gasteiger partial charge in [0.05, 0.1) is 12.7 Å². The SMILES string of the molecule is COCC(CNc1ncnc(NN)c1C(C)C)OC. The van der Waals surface area contributed by atoms with Crippen LogP contribution in [0.4, 0.5) is 11.6 Å². The van der Waals surface area contributed by atoms with Crippen molar-refractivity contribution in [2.75, 3.05) is 38.1 Å². The maximum Gasteiger partial charge on any atom is 0.148 e. The van der Waals surface area contributed by atoms with E-state index in [2.05, 4.69) is 34.6 Å². The number of aromatic nitrogens is 2. The standard InChI is InChI=1S/C12H23N5O2/c1-8(2)10-11(15-7-16-12(10)17-13)14-5-9(19-4)6-18-3/h7-9H,5-6,13H2,1-4H3,(H2,14,15,16,17). The number of nitrogens with two attached hydrogens (primary N) is 1. The van der Waals surface area contributed by atoms with E-state index >= 15 is 0 Å². The Balaban J connectivity index is 2.82. The summed E-state index contributed by atoms with van der Waals surface area (Å²) in [5.74, 6) is 7.12. The van der Waals surface area contributed by atoms with Gasteiger partial charge >= 0.3 is 0 Å². The van der Waals surface area contributed by atoms with E-state index < -0.39 is 0 Å². The summed E-state index contributed by atoms with van der Waals surface area (Å²) < 4.78 is 10.4. The van der Waals surface area contributed by atoms with Crippen LogP contribution in [-0.4, -0.2) is 43.4 Å². The molecule has 0 aromatic carbocycles. The molecule has 1 atom stereocenters. The summed E-state index contributed by atoms with van der Waals surface area (Å²) in [6, 6.07) is 0. The lowest BCUT2D eigenvalue weighted by atomic mass is 10.0. The number of hydrogen-bond donors (Lipinski definition) is 3. The van der Waals surface area contributed by atoms with E-state index in [0.717, 1.165) is 11.4 Å². The van der Waals surface area contributed by atoms with Crippen molar-refractivity contribution < 1.29 is 9.47 Å². The van der Waals surface area contributed by atoms with E-state index in [4.69, 9.17) is 15.3 Å². The van der Waals surface area contributed by atoms with Gasteiger partial charge < -0.3 is 20.2 Å². The van der Waals surface area contributed by atoms with Crippen LogP contribution >= 0.6 is 0 Å². The first-order valence-corrected chi connectivity index (χ1v) is 6.21.